The number of rotatable bonds is 9. The lowest BCUT2D eigenvalue weighted by Gasteiger charge is -2.27. The van der Waals surface area contributed by atoms with Gasteiger partial charge < -0.3 is 24.7 Å². The van der Waals surface area contributed by atoms with Crippen LogP contribution in [0.25, 0.3) is 0 Å². The molecule has 0 aliphatic carbocycles. The van der Waals surface area contributed by atoms with Crippen LogP contribution < -0.4 is 10.4 Å². The Kier molecular flexibility index (Phi) is 8.12. The number of para-hydroxylation sites is 1. The van der Waals surface area contributed by atoms with Gasteiger partial charge in [-0.2, -0.15) is 0 Å². The Balaban J connectivity index is 1.92. The Morgan fingerprint density at radius 1 is 0.735 bits per heavy atom. The number of esters is 2. The Hall–Kier alpha value is -4.46. The number of carbonyl (C=O) groups is 4. The van der Waals surface area contributed by atoms with E-state index in [0.717, 1.165) is 5.56 Å². The van der Waals surface area contributed by atoms with Gasteiger partial charge in [-0.15, -0.1) is 0 Å². The summed E-state index contributed by atoms with van der Waals surface area (Å²) in [6, 6.07) is 22.2. The molecule has 0 aliphatic rings. The molecule has 3 aromatic rings. The summed E-state index contributed by atoms with van der Waals surface area (Å²) in [5, 5.41) is 14.5. The fraction of sp³-hybridized carbons (Fsp3) is 0.154. The number of carboxylic acid groups (broad SMARTS) is 1. The van der Waals surface area contributed by atoms with Crippen LogP contribution in [-0.4, -0.2) is 36.0 Å². The van der Waals surface area contributed by atoms with Crippen LogP contribution in [0.4, 0.5) is 5.69 Å². The molecule has 0 bridgehead atoms. The lowest BCUT2D eigenvalue weighted by atomic mass is 10.1. The maximum Gasteiger partial charge on any atom is 0.339 e. The number of aryl methyl sites for hydroxylation is 1. The Morgan fingerprint density at radius 2 is 1.21 bits per heavy atom. The molecule has 0 saturated carbocycles. The average molecular weight is 460 g/mol. The average Bonchev–Trinajstić information content (AvgIpc) is 2.87. The zero-order valence-corrected chi connectivity index (χ0v) is 18.3. The summed E-state index contributed by atoms with van der Waals surface area (Å²) in [5.41, 5.74) is 1.32. The minimum absolute atomic E-state index is 0.0543. The molecule has 3 rings (SSSR count). The van der Waals surface area contributed by atoms with Crippen LogP contribution in [0.5, 0.6) is 0 Å². The van der Waals surface area contributed by atoms with Gasteiger partial charge in [-0.05, 0) is 42.3 Å². The van der Waals surface area contributed by atoms with Crippen LogP contribution in [-0.2, 0) is 25.5 Å². The fourth-order valence-corrected chi connectivity index (χ4v) is 3.16. The number of anilines is 1. The van der Waals surface area contributed by atoms with Gasteiger partial charge in [0.15, 0.2) is 6.10 Å². The molecule has 0 heterocycles. The third-order valence-electron chi connectivity index (χ3n) is 4.91. The summed E-state index contributed by atoms with van der Waals surface area (Å²) >= 11 is 0. The second-order valence-electron chi connectivity index (χ2n) is 7.20. The van der Waals surface area contributed by atoms with Crippen molar-refractivity contribution >= 4 is 29.5 Å². The Labute approximate surface area is 196 Å². The molecular formula is C26H22NO7-. The number of benzene rings is 3. The van der Waals surface area contributed by atoms with E-state index in [1.54, 1.807) is 60.7 Å². The van der Waals surface area contributed by atoms with Crippen LogP contribution in [0.2, 0.25) is 0 Å². The smallest absolute Gasteiger partial charge is 0.339 e. The normalized spacial score (nSPS) is 12.1. The zero-order chi connectivity index (χ0) is 24.5. The first-order valence-electron chi connectivity index (χ1n) is 10.5. The van der Waals surface area contributed by atoms with E-state index in [-0.39, 0.29) is 11.1 Å². The molecule has 0 radical (unpaired) electrons. The zero-order valence-electron chi connectivity index (χ0n) is 18.3. The number of aliphatic carboxylic acids is 1. The van der Waals surface area contributed by atoms with Crippen LogP contribution in [0.1, 0.15) is 33.2 Å². The quantitative estimate of drug-likeness (QED) is 0.487. The Bertz CT molecular complexity index is 1160. The molecular weight excluding hydrogens is 438 g/mol. The second kappa shape index (κ2) is 11.4. The summed E-state index contributed by atoms with van der Waals surface area (Å²) in [6.45, 7) is 1.88. The maximum absolute atomic E-state index is 13.1. The van der Waals surface area contributed by atoms with Gasteiger partial charge in [0.2, 0.25) is 6.10 Å². The number of ether oxygens (including phenoxy) is 2. The summed E-state index contributed by atoms with van der Waals surface area (Å²) in [6.07, 6.45) is -3.64. The predicted molar refractivity (Wildman–Crippen MR) is 121 cm³/mol. The molecule has 0 saturated heterocycles. The topological polar surface area (TPSA) is 122 Å². The molecule has 0 fully saturated rings. The van der Waals surface area contributed by atoms with Crippen molar-refractivity contribution < 1.29 is 33.8 Å². The van der Waals surface area contributed by atoms with Crippen molar-refractivity contribution in [2.45, 2.75) is 25.6 Å². The van der Waals surface area contributed by atoms with E-state index in [1.807, 2.05) is 6.92 Å². The van der Waals surface area contributed by atoms with Crippen LogP contribution in [0.15, 0.2) is 84.9 Å². The van der Waals surface area contributed by atoms with Crippen LogP contribution in [0.3, 0.4) is 0 Å². The van der Waals surface area contributed by atoms with E-state index < -0.39 is 36.0 Å². The number of carbonyl (C=O) groups excluding carboxylic acids is 4. The van der Waals surface area contributed by atoms with Gasteiger partial charge in [0, 0.05) is 5.69 Å². The summed E-state index contributed by atoms with van der Waals surface area (Å²) in [4.78, 5) is 50.3. The number of nitrogens with one attached hydrogen (secondary N) is 1. The largest absolute Gasteiger partial charge is 0.546 e. The highest BCUT2D eigenvalue weighted by Gasteiger charge is 2.37. The molecule has 0 aliphatic heterocycles. The van der Waals surface area contributed by atoms with Crippen molar-refractivity contribution in [1.29, 1.82) is 0 Å². The Morgan fingerprint density at radius 3 is 1.71 bits per heavy atom. The number of carboxylic acids is 1. The minimum Gasteiger partial charge on any atom is -0.546 e. The van der Waals surface area contributed by atoms with E-state index in [2.05, 4.69) is 5.32 Å². The number of hydrogen-bond donors (Lipinski definition) is 1. The molecule has 2 atom stereocenters. The molecule has 0 spiro atoms. The molecule has 174 valence electrons. The van der Waals surface area contributed by atoms with Crippen LogP contribution in [0, 0.1) is 0 Å². The maximum atomic E-state index is 13.1. The van der Waals surface area contributed by atoms with Crippen molar-refractivity contribution in [2.75, 3.05) is 5.32 Å². The van der Waals surface area contributed by atoms with Crippen molar-refractivity contribution in [3.8, 4) is 0 Å². The van der Waals surface area contributed by atoms with Crippen molar-refractivity contribution in [2.24, 2.45) is 0 Å². The molecule has 8 nitrogen and oxygen atoms in total. The van der Waals surface area contributed by atoms with Crippen molar-refractivity contribution in [1.82, 2.24) is 0 Å². The third-order valence-corrected chi connectivity index (χ3v) is 4.91. The number of amides is 1. The van der Waals surface area contributed by atoms with Gasteiger partial charge in [-0.3, -0.25) is 4.79 Å². The SMILES string of the molecule is CCc1ccccc1NC(=O)C(OC(=O)c1ccccc1)C(OC(=O)c1ccccc1)C(=O)[O-]. The molecule has 3 aromatic carbocycles. The van der Waals surface area contributed by atoms with E-state index in [1.165, 1.54) is 24.3 Å². The fourth-order valence-electron chi connectivity index (χ4n) is 3.16. The summed E-state index contributed by atoms with van der Waals surface area (Å²) < 4.78 is 10.3. The second-order valence-corrected chi connectivity index (χ2v) is 7.20. The number of hydrogen-bond acceptors (Lipinski definition) is 7. The van der Waals surface area contributed by atoms with Crippen molar-refractivity contribution in [3.05, 3.63) is 102 Å². The molecule has 1 amide bonds. The molecule has 34 heavy (non-hydrogen) atoms. The van der Waals surface area contributed by atoms with Gasteiger partial charge >= 0.3 is 11.9 Å². The highest BCUT2D eigenvalue weighted by atomic mass is 16.6. The molecule has 8 heteroatoms. The van der Waals surface area contributed by atoms with E-state index >= 15 is 0 Å². The first-order valence-corrected chi connectivity index (χ1v) is 10.5. The summed E-state index contributed by atoms with van der Waals surface area (Å²) in [7, 11) is 0. The highest BCUT2D eigenvalue weighted by Crippen LogP contribution is 2.19. The van der Waals surface area contributed by atoms with E-state index in [9.17, 15) is 24.3 Å². The van der Waals surface area contributed by atoms with Crippen molar-refractivity contribution in [3.63, 3.8) is 0 Å². The predicted octanol–water partition coefficient (Wildman–Crippen LogP) is 2.39. The lowest BCUT2D eigenvalue weighted by molar-refractivity contribution is -0.317. The van der Waals surface area contributed by atoms with Gasteiger partial charge in [0.05, 0.1) is 17.1 Å². The first kappa shape index (κ1) is 24.2. The van der Waals surface area contributed by atoms with E-state index in [4.69, 9.17) is 9.47 Å². The highest BCUT2D eigenvalue weighted by molar-refractivity contribution is 6.01. The van der Waals surface area contributed by atoms with Gasteiger partial charge in [0.1, 0.15) is 0 Å². The molecule has 2 unspecified atom stereocenters. The van der Waals surface area contributed by atoms with Gasteiger partial charge in [0.25, 0.3) is 5.91 Å². The summed E-state index contributed by atoms with van der Waals surface area (Å²) in [5.74, 6) is -4.86. The van der Waals surface area contributed by atoms with Crippen LogP contribution >= 0.6 is 0 Å². The monoisotopic (exact) mass is 460 g/mol. The minimum atomic E-state index is -2.20. The first-order chi connectivity index (χ1) is 16.4. The third kappa shape index (κ3) is 6.07. The van der Waals surface area contributed by atoms with Gasteiger partial charge in [-0.25, -0.2) is 9.59 Å². The van der Waals surface area contributed by atoms with E-state index in [0.29, 0.717) is 12.1 Å². The lowest BCUT2D eigenvalue weighted by Crippen LogP contribution is -2.52. The van der Waals surface area contributed by atoms with Gasteiger partial charge in [-0.1, -0.05) is 61.5 Å². The molecule has 1 N–H and O–H groups in total. The molecule has 0 aromatic heterocycles. The standard InChI is InChI=1S/C26H23NO7/c1-2-17-11-9-10-16-20(17)27-23(28)21(33-25(31)18-12-5-3-6-13-18)22(24(29)30)34-26(32)19-14-7-4-8-15-19/h3-16,21-22H,2H2,1H3,(H,27,28)(H,29,30)/p-1.